The van der Waals surface area contributed by atoms with E-state index in [2.05, 4.69) is 10.6 Å². The van der Waals surface area contributed by atoms with Crippen molar-refractivity contribution in [2.45, 2.75) is 13.8 Å². The molecule has 1 saturated heterocycles. The van der Waals surface area contributed by atoms with E-state index in [0.29, 0.717) is 56.4 Å². The summed E-state index contributed by atoms with van der Waals surface area (Å²) in [6, 6.07) is 1.21. The molecule has 1 aliphatic heterocycles. The summed E-state index contributed by atoms with van der Waals surface area (Å²) in [7, 11) is 1.53. The number of nitrogens with zero attached hydrogens (tertiary/aromatic N) is 2. The van der Waals surface area contributed by atoms with Crippen LogP contribution in [0.1, 0.15) is 21.9 Å². The van der Waals surface area contributed by atoms with Crippen molar-refractivity contribution in [2.24, 2.45) is 0 Å². The normalized spacial score (nSPS) is 15.0. The summed E-state index contributed by atoms with van der Waals surface area (Å²) >= 11 is 0. The second-order valence-corrected chi connectivity index (χ2v) is 6.19. The van der Waals surface area contributed by atoms with Gasteiger partial charge in [-0.05, 0) is 19.9 Å². The van der Waals surface area contributed by atoms with Crippen LogP contribution in [0.5, 0.6) is 0 Å². The molecule has 4 amide bonds. The van der Waals surface area contributed by atoms with Gasteiger partial charge in [0.05, 0.1) is 18.7 Å². The van der Waals surface area contributed by atoms with Crippen LogP contribution in [0.25, 0.3) is 0 Å². The fourth-order valence-corrected chi connectivity index (χ4v) is 2.80. The Morgan fingerprint density at radius 2 is 1.88 bits per heavy atom. The number of ether oxygens (including phenoxy) is 1. The van der Waals surface area contributed by atoms with Crippen molar-refractivity contribution in [3.8, 4) is 0 Å². The van der Waals surface area contributed by atoms with E-state index in [1.54, 1.807) is 17.9 Å². The maximum Gasteiger partial charge on any atom is 0.321 e. The Hall–Kier alpha value is -2.39. The summed E-state index contributed by atoms with van der Waals surface area (Å²) in [4.78, 5) is 39.6. The maximum absolute atomic E-state index is 12.5. The SMILES string of the molecule is COCCNC(=O)NC(=O)CN1CCN(C(=O)c2cc(C)oc2C)CC1. The molecular formula is C17H26N4O5. The zero-order valence-corrected chi connectivity index (χ0v) is 15.5. The Morgan fingerprint density at radius 1 is 1.19 bits per heavy atom. The number of nitrogens with one attached hydrogen (secondary N) is 2. The first-order valence-electron chi connectivity index (χ1n) is 8.56. The number of carbonyl (C=O) groups is 3. The first-order valence-corrected chi connectivity index (χ1v) is 8.56. The van der Waals surface area contributed by atoms with Gasteiger partial charge in [-0.3, -0.25) is 19.8 Å². The van der Waals surface area contributed by atoms with Crippen LogP contribution in [0, 0.1) is 13.8 Å². The third-order valence-corrected chi connectivity index (χ3v) is 4.14. The average molecular weight is 366 g/mol. The van der Waals surface area contributed by atoms with Gasteiger partial charge >= 0.3 is 6.03 Å². The first-order chi connectivity index (χ1) is 12.4. The van der Waals surface area contributed by atoms with Gasteiger partial charge in [-0.2, -0.15) is 0 Å². The molecule has 9 heteroatoms. The van der Waals surface area contributed by atoms with Crippen molar-refractivity contribution in [3.63, 3.8) is 0 Å². The molecule has 0 saturated carbocycles. The molecule has 1 aromatic rings. The molecule has 2 heterocycles. The van der Waals surface area contributed by atoms with Crippen LogP contribution in [0.15, 0.2) is 10.5 Å². The monoisotopic (exact) mass is 366 g/mol. The smallest absolute Gasteiger partial charge is 0.321 e. The molecule has 1 fully saturated rings. The van der Waals surface area contributed by atoms with Crippen molar-refractivity contribution in [1.82, 2.24) is 20.4 Å². The van der Waals surface area contributed by atoms with Crippen LogP contribution in [0.4, 0.5) is 4.79 Å². The minimum absolute atomic E-state index is 0.0547. The van der Waals surface area contributed by atoms with E-state index in [0.717, 1.165) is 0 Å². The van der Waals surface area contributed by atoms with Crippen molar-refractivity contribution in [3.05, 3.63) is 23.2 Å². The molecule has 144 valence electrons. The van der Waals surface area contributed by atoms with Gasteiger partial charge in [0.25, 0.3) is 5.91 Å². The zero-order chi connectivity index (χ0) is 19.1. The lowest BCUT2D eigenvalue weighted by Gasteiger charge is -2.34. The van der Waals surface area contributed by atoms with E-state index < -0.39 is 6.03 Å². The van der Waals surface area contributed by atoms with E-state index in [9.17, 15) is 14.4 Å². The van der Waals surface area contributed by atoms with E-state index in [1.165, 1.54) is 7.11 Å². The molecule has 2 N–H and O–H groups in total. The molecule has 26 heavy (non-hydrogen) atoms. The first kappa shape index (κ1) is 19.9. The highest BCUT2D eigenvalue weighted by Crippen LogP contribution is 2.17. The number of hydrogen-bond donors (Lipinski definition) is 2. The van der Waals surface area contributed by atoms with Crippen molar-refractivity contribution >= 4 is 17.8 Å². The van der Waals surface area contributed by atoms with Gasteiger partial charge in [-0.25, -0.2) is 4.79 Å². The van der Waals surface area contributed by atoms with E-state index in [-0.39, 0.29) is 18.4 Å². The molecule has 9 nitrogen and oxygen atoms in total. The number of imide groups is 1. The van der Waals surface area contributed by atoms with Crippen molar-refractivity contribution < 1.29 is 23.5 Å². The van der Waals surface area contributed by atoms with Gasteiger partial charge in [0.1, 0.15) is 11.5 Å². The third kappa shape index (κ3) is 5.57. The molecule has 0 bridgehead atoms. The lowest BCUT2D eigenvalue weighted by atomic mass is 10.2. The number of furan rings is 1. The predicted molar refractivity (Wildman–Crippen MR) is 93.9 cm³/mol. The highest BCUT2D eigenvalue weighted by atomic mass is 16.5. The zero-order valence-electron chi connectivity index (χ0n) is 15.5. The molecule has 0 unspecified atom stereocenters. The quantitative estimate of drug-likeness (QED) is 0.694. The topological polar surface area (TPSA) is 104 Å². The second-order valence-electron chi connectivity index (χ2n) is 6.19. The van der Waals surface area contributed by atoms with Crippen LogP contribution >= 0.6 is 0 Å². The summed E-state index contributed by atoms with van der Waals surface area (Å²) in [6.45, 7) is 6.61. The maximum atomic E-state index is 12.5. The molecule has 0 atom stereocenters. The lowest BCUT2D eigenvalue weighted by molar-refractivity contribution is -0.121. The van der Waals surface area contributed by atoms with Crippen molar-refractivity contribution in [1.29, 1.82) is 0 Å². The molecule has 1 aliphatic rings. The number of piperazine rings is 1. The molecular weight excluding hydrogens is 340 g/mol. The molecule has 0 spiro atoms. The number of aryl methyl sites for hydroxylation is 2. The molecule has 2 rings (SSSR count). The third-order valence-electron chi connectivity index (χ3n) is 4.14. The Labute approximate surface area is 152 Å². The fraction of sp³-hybridized carbons (Fsp3) is 0.588. The molecule has 1 aromatic heterocycles. The number of amides is 4. The highest BCUT2D eigenvalue weighted by molar-refractivity contribution is 5.96. The number of rotatable bonds is 6. The summed E-state index contributed by atoms with van der Waals surface area (Å²) < 4.78 is 10.2. The number of carbonyl (C=O) groups excluding carboxylic acids is 3. The molecule has 0 aromatic carbocycles. The number of methoxy groups -OCH3 is 1. The van der Waals surface area contributed by atoms with Gasteiger partial charge < -0.3 is 19.4 Å². The fourth-order valence-electron chi connectivity index (χ4n) is 2.80. The summed E-state index contributed by atoms with van der Waals surface area (Å²) in [6.07, 6.45) is 0. The Bertz CT molecular complexity index is 650. The van der Waals surface area contributed by atoms with Crippen LogP contribution < -0.4 is 10.6 Å². The second kappa shape index (κ2) is 9.35. The minimum atomic E-state index is -0.535. The van der Waals surface area contributed by atoms with Gasteiger partial charge in [-0.15, -0.1) is 0 Å². The summed E-state index contributed by atoms with van der Waals surface area (Å²) in [5, 5.41) is 4.80. The Balaban J connectivity index is 1.74. The molecule has 0 radical (unpaired) electrons. The molecule has 0 aliphatic carbocycles. The van der Waals surface area contributed by atoms with Gasteiger partial charge in [0.15, 0.2) is 0 Å². The van der Waals surface area contributed by atoms with Gasteiger partial charge in [-0.1, -0.05) is 0 Å². The van der Waals surface area contributed by atoms with Gasteiger partial charge in [0.2, 0.25) is 5.91 Å². The number of urea groups is 1. The van der Waals surface area contributed by atoms with Crippen LogP contribution in [-0.4, -0.2) is 80.6 Å². The van der Waals surface area contributed by atoms with Crippen molar-refractivity contribution in [2.75, 3.05) is 53.0 Å². The predicted octanol–water partition coefficient (Wildman–Crippen LogP) is 0.126. The van der Waals surface area contributed by atoms with Crippen LogP contribution in [-0.2, 0) is 9.53 Å². The largest absolute Gasteiger partial charge is 0.466 e. The lowest BCUT2D eigenvalue weighted by Crippen LogP contribution is -2.52. The van der Waals surface area contributed by atoms with Gasteiger partial charge in [0, 0.05) is 39.8 Å². The Kier molecular flexibility index (Phi) is 7.16. The Morgan fingerprint density at radius 3 is 2.46 bits per heavy atom. The van der Waals surface area contributed by atoms with E-state index in [1.807, 2.05) is 11.8 Å². The standard InChI is InChI=1S/C17H26N4O5/c1-12-10-14(13(2)26-12)16(23)21-7-5-20(6-8-21)11-15(22)19-17(24)18-4-9-25-3/h10H,4-9,11H2,1-3H3,(H2,18,19,22,24). The summed E-state index contributed by atoms with van der Waals surface area (Å²) in [5.41, 5.74) is 0.585. The van der Waals surface area contributed by atoms with E-state index in [4.69, 9.17) is 9.15 Å². The van der Waals surface area contributed by atoms with Crippen LogP contribution in [0.3, 0.4) is 0 Å². The average Bonchev–Trinajstić information content (AvgIpc) is 2.93. The minimum Gasteiger partial charge on any atom is -0.466 e. The van der Waals surface area contributed by atoms with E-state index >= 15 is 0 Å². The highest BCUT2D eigenvalue weighted by Gasteiger charge is 2.25. The number of hydrogen-bond acceptors (Lipinski definition) is 6. The van der Waals surface area contributed by atoms with Crippen LogP contribution in [0.2, 0.25) is 0 Å². The summed E-state index contributed by atoms with van der Waals surface area (Å²) in [5.74, 6) is 0.903.